The first-order valence-electron chi connectivity index (χ1n) is 8.86. The lowest BCUT2D eigenvalue weighted by atomic mass is 9.57. The smallest absolute Gasteiger partial charge is 0.148 e. The number of terminal acetylenes is 1. The third kappa shape index (κ3) is 3.59. The highest BCUT2D eigenvalue weighted by atomic mass is 16.5. The van der Waals surface area contributed by atoms with E-state index in [4.69, 9.17) is 20.6 Å². The second kappa shape index (κ2) is 8.02. The summed E-state index contributed by atoms with van der Waals surface area (Å²) in [4.78, 5) is 0. The van der Waals surface area contributed by atoms with Crippen molar-refractivity contribution in [1.82, 2.24) is 5.32 Å². The maximum absolute atomic E-state index is 5.98. The van der Waals surface area contributed by atoms with Gasteiger partial charge in [0.05, 0.1) is 6.10 Å². The fourth-order valence-corrected chi connectivity index (χ4v) is 3.96. The molecule has 0 bridgehead atoms. The minimum Gasteiger partial charge on any atom is -0.481 e. The largest absolute Gasteiger partial charge is 0.481 e. The first-order valence-corrected chi connectivity index (χ1v) is 8.86. The van der Waals surface area contributed by atoms with Crippen molar-refractivity contribution in [3.05, 3.63) is 29.8 Å². The molecule has 130 valence electrons. The topological polar surface area (TPSA) is 39.7 Å². The molecule has 1 aliphatic carbocycles. The molecule has 3 rings (SSSR count). The maximum Gasteiger partial charge on any atom is 0.148 e. The molecule has 0 radical (unpaired) electrons. The summed E-state index contributed by atoms with van der Waals surface area (Å²) in [6, 6.07) is 8.64. The van der Waals surface area contributed by atoms with E-state index >= 15 is 0 Å². The van der Waals surface area contributed by atoms with E-state index < -0.39 is 0 Å². The number of hydrogen-bond donors (Lipinski definition) is 1. The summed E-state index contributed by atoms with van der Waals surface area (Å²) in [6.45, 7) is 5.74. The fourth-order valence-electron chi connectivity index (χ4n) is 3.96. The highest BCUT2D eigenvalue weighted by Gasteiger charge is 2.55. The van der Waals surface area contributed by atoms with Gasteiger partial charge in [0.15, 0.2) is 0 Å². The van der Waals surface area contributed by atoms with E-state index in [0.717, 1.165) is 51.4 Å². The van der Waals surface area contributed by atoms with Crippen molar-refractivity contribution < 1.29 is 14.2 Å². The third-order valence-corrected chi connectivity index (χ3v) is 5.37. The first-order chi connectivity index (χ1) is 11.8. The molecule has 1 saturated heterocycles. The molecule has 1 N–H and O–H groups in total. The van der Waals surface area contributed by atoms with Crippen LogP contribution < -0.4 is 10.1 Å². The van der Waals surface area contributed by atoms with Gasteiger partial charge >= 0.3 is 0 Å². The molecule has 2 unspecified atom stereocenters. The highest BCUT2D eigenvalue weighted by Crippen LogP contribution is 2.50. The van der Waals surface area contributed by atoms with Gasteiger partial charge in [0, 0.05) is 37.8 Å². The van der Waals surface area contributed by atoms with Crippen LogP contribution in [-0.4, -0.2) is 38.6 Å². The predicted molar refractivity (Wildman–Crippen MR) is 93.9 cm³/mol. The minimum absolute atomic E-state index is 0.254. The highest BCUT2D eigenvalue weighted by molar-refractivity contribution is 5.27. The van der Waals surface area contributed by atoms with Gasteiger partial charge in [0.25, 0.3) is 0 Å². The normalized spacial score (nSPS) is 25.0. The van der Waals surface area contributed by atoms with Crippen molar-refractivity contribution in [3.63, 3.8) is 0 Å². The number of rotatable bonds is 7. The van der Waals surface area contributed by atoms with Crippen molar-refractivity contribution in [1.29, 1.82) is 0 Å². The lowest BCUT2D eigenvalue weighted by Crippen LogP contribution is -2.65. The molecule has 1 saturated carbocycles. The van der Waals surface area contributed by atoms with E-state index in [0.29, 0.717) is 18.8 Å². The van der Waals surface area contributed by atoms with Gasteiger partial charge in [-0.05, 0) is 43.9 Å². The number of hydrogen-bond acceptors (Lipinski definition) is 4. The first kappa shape index (κ1) is 17.3. The van der Waals surface area contributed by atoms with Crippen molar-refractivity contribution >= 4 is 0 Å². The Bertz CT molecular complexity index is 557. The molecule has 24 heavy (non-hydrogen) atoms. The quantitative estimate of drug-likeness (QED) is 0.781. The van der Waals surface area contributed by atoms with Crippen molar-refractivity contribution in [3.8, 4) is 18.1 Å². The van der Waals surface area contributed by atoms with Gasteiger partial charge in [-0.15, -0.1) is 6.42 Å². The zero-order valence-electron chi connectivity index (χ0n) is 14.4. The second-order valence-corrected chi connectivity index (χ2v) is 6.60. The molecule has 0 aromatic heterocycles. The van der Waals surface area contributed by atoms with Gasteiger partial charge in [-0.2, -0.15) is 0 Å². The van der Waals surface area contributed by atoms with Crippen molar-refractivity contribution in [2.24, 2.45) is 5.41 Å². The van der Waals surface area contributed by atoms with E-state index in [2.05, 4.69) is 30.3 Å². The van der Waals surface area contributed by atoms with Crippen LogP contribution in [0.4, 0.5) is 0 Å². The molecule has 2 atom stereocenters. The fraction of sp³-hybridized carbons (Fsp3) is 0.600. The predicted octanol–water partition coefficient (Wildman–Crippen LogP) is 2.76. The van der Waals surface area contributed by atoms with Gasteiger partial charge in [-0.3, -0.25) is 0 Å². The summed E-state index contributed by atoms with van der Waals surface area (Å²) in [7, 11) is 0. The zero-order chi connectivity index (χ0) is 16.8. The molecule has 0 amide bonds. The van der Waals surface area contributed by atoms with E-state index in [1.54, 1.807) is 0 Å². The molecule has 1 spiro atoms. The Hall–Kier alpha value is -1.54. The monoisotopic (exact) mass is 329 g/mol. The van der Waals surface area contributed by atoms with Crippen LogP contribution in [0.2, 0.25) is 0 Å². The zero-order valence-corrected chi connectivity index (χ0v) is 14.4. The molecular weight excluding hydrogens is 302 g/mol. The van der Waals surface area contributed by atoms with E-state index in [9.17, 15) is 0 Å². The van der Waals surface area contributed by atoms with Gasteiger partial charge in [-0.25, -0.2) is 0 Å². The Kier molecular flexibility index (Phi) is 5.78. The molecular formula is C20H27NO3. The maximum atomic E-state index is 5.98. The second-order valence-electron chi connectivity index (χ2n) is 6.60. The van der Waals surface area contributed by atoms with Gasteiger partial charge in [0.2, 0.25) is 0 Å². The minimum atomic E-state index is 0.254. The Morgan fingerprint density at radius 3 is 2.71 bits per heavy atom. The summed E-state index contributed by atoms with van der Waals surface area (Å²) < 4.78 is 17.0. The van der Waals surface area contributed by atoms with Crippen LogP contribution in [0.1, 0.15) is 31.7 Å². The van der Waals surface area contributed by atoms with Crippen molar-refractivity contribution in [2.45, 2.75) is 44.9 Å². The van der Waals surface area contributed by atoms with Crippen LogP contribution in [0.15, 0.2) is 24.3 Å². The van der Waals surface area contributed by atoms with Gasteiger partial charge < -0.3 is 19.5 Å². The number of ether oxygens (including phenoxy) is 3. The molecule has 1 aliphatic heterocycles. The van der Waals surface area contributed by atoms with E-state index in [1.807, 2.05) is 12.1 Å². The van der Waals surface area contributed by atoms with E-state index in [1.165, 1.54) is 5.56 Å². The van der Waals surface area contributed by atoms with Crippen LogP contribution in [0.5, 0.6) is 5.75 Å². The average molecular weight is 329 g/mol. The molecule has 4 nitrogen and oxygen atoms in total. The van der Waals surface area contributed by atoms with Gasteiger partial charge in [-0.1, -0.05) is 18.1 Å². The lowest BCUT2D eigenvalue weighted by Gasteiger charge is -2.57. The van der Waals surface area contributed by atoms with Crippen molar-refractivity contribution in [2.75, 3.05) is 26.4 Å². The summed E-state index contributed by atoms with van der Waals surface area (Å²) in [5, 5.41) is 3.74. The van der Waals surface area contributed by atoms with Crippen LogP contribution in [0.3, 0.4) is 0 Å². The van der Waals surface area contributed by atoms with E-state index in [-0.39, 0.29) is 5.41 Å². The average Bonchev–Trinajstić information content (AvgIpc) is 2.64. The molecule has 1 aromatic rings. The summed E-state index contributed by atoms with van der Waals surface area (Å²) in [5.41, 5.74) is 1.51. The Labute approximate surface area is 144 Å². The van der Waals surface area contributed by atoms with Crippen LogP contribution in [-0.2, 0) is 16.0 Å². The summed E-state index contributed by atoms with van der Waals surface area (Å²) >= 11 is 0. The summed E-state index contributed by atoms with van der Waals surface area (Å²) in [6.07, 6.45) is 8.86. The molecule has 1 aromatic carbocycles. The molecule has 2 aliphatic rings. The Balaban J connectivity index is 1.55. The van der Waals surface area contributed by atoms with Crippen LogP contribution >= 0.6 is 0 Å². The number of benzene rings is 1. The molecule has 1 heterocycles. The molecule has 2 fully saturated rings. The summed E-state index contributed by atoms with van der Waals surface area (Å²) in [5.74, 6) is 3.29. The lowest BCUT2D eigenvalue weighted by molar-refractivity contribution is -0.173. The number of nitrogens with one attached hydrogen (secondary N) is 1. The SMILES string of the molecule is C#CCOc1ccc(CNC2CC(OCC)C23CCOCC3)cc1. The van der Waals surface area contributed by atoms with Gasteiger partial charge in [0.1, 0.15) is 12.4 Å². The third-order valence-electron chi connectivity index (χ3n) is 5.37. The standard InChI is InChI=1S/C20H27NO3/c1-3-11-24-17-7-5-16(6-8-17)15-21-18-14-19(23-4-2)20(18)9-12-22-13-10-20/h1,5-8,18-19,21H,4,9-15H2,2H3. The molecule has 4 heteroatoms. The van der Waals surface area contributed by atoms with Crippen LogP contribution in [0.25, 0.3) is 0 Å². The van der Waals surface area contributed by atoms with Crippen LogP contribution in [0, 0.1) is 17.8 Å². The Morgan fingerprint density at radius 1 is 1.29 bits per heavy atom. The Morgan fingerprint density at radius 2 is 2.04 bits per heavy atom.